The van der Waals surface area contributed by atoms with Gasteiger partial charge >= 0.3 is 0 Å². The standard InChI is InChI=1S/C20H32N6.HI/c1-15(2)26-13-10-16(11-14-26)23-20(21-3)22-12-6-9-19-24-17-7-4-5-8-18(17)25-19;/h4-5,7-8,15-16H,6,9-14H2,1-3H3,(H,24,25)(H2,21,22,23);1H. The van der Waals surface area contributed by atoms with Crippen LogP contribution in [0.2, 0.25) is 0 Å². The van der Waals surface area contributed by atoms with Crippen molar-refractivity contribution in [3.05, 3.63) is 30.1 Å². The molecule has 7 heteroatoms. The molecule has 0 saturated carbocycles. The number of halogens is 1. The van der Waals surface area contributed by atoms with Crippen molar-refractivity contribution in [3.63, 3.8) is 0 Å². The van der Waals surface area contributed by atoms with Crippen molar-refractivity contribution < 1.29 is 0 Å². The van der Waals surface area contributed by atoms with Crippen molar-refractivity contribution in [1.29, 1.82) is 0 Å². The summed E-state index contributed by atoms with van der Waals surface area (Å²) in [7, 11) is 1.85. The molecule has 0 spiro atoms. The number of hydrogen-bond donors (Lipinski definition) is 3. The van der Waals surface area contributed by atoms with Crippen LogP contribution in [-0.4, -0.2) is 59.6 Å². The van der Waals surface area contributed by atoms with E-state index < -0.39 is 0 Å². The third kappa shape index (κ3) is 6.34. The fourth-order valence-corrected chi connectivity index (χ4v) is 3.53. The number of para-hydroxylation sites is 2. The van der Waals surface area contributed by atoms with E-state index in [2.05, 4.69) is 50.4 Å². The average molecular weight is 484 g/mol. The lowest BCUT2D eigenvalue weighted by atomic mass is 10.0. The summed E-state index contributed by atoms with van der Waals surface area (Å²) in [4.78, 5) is 14.9. The Hall–Kier alpha value is -1.35. The second-order valence-corrected chi connectivity index (χ2v) is 7.35. The van der Waals surface area contributed by atoms with Gasteiger partial charge in [0.05, 0.1) is 11.0 Å². The molecule has 0 unspecified atom stereocenters. The Labute approximate surface area is 179 Å². The number of piperidine rings is 1. The second-order valence-electron chi connectivity index (χ2n) is 7.35. The number of guanidine groups is 1. The van der Waals surface area contributed by atoms with E-state index in [9.17, 15) is 0 Å². The lowest BCUT2D eigenvalue weighted by molar-refractivity contribution is 0.167. The fraction of sp³-hybridized carbons (Fsp3) is 0.600. The maximum absolute atomic E-state index is 4.63. The minimum atomic E-state index is 0. The van der Waals surface area contributed by atoms with E-state index in [1.165, 1.54) is 25.9 Å². The SMILES string of the molecule is CN=C(NCCCc1nc2ccccc2[nH]1)NC1CCN(C(C)C)CC1.I. The van der Waals surface area contributed by atoms with E-state index in [4.69, 9.17) is 0 Å². The van der Waals surface area contributed by atoms with E-state index in [0.29, 0.717) is 12.1 Å². The van der Waals surface area contributed by atoms with Crippen LogP contribution >= 0.6 is 24.0 Å². The topological polar surface area (TPSA) is 68.3 Å². The molecule has 150 valence electrons. The van der Waals surface area contributed by atoms with Crippen molar-refractivity contribution in [1.82, 2.24) is 25.5 Å². The molecule has 2 aromatic rings. The highest BCUT2D eigenvalue weighted by Gasteiger charge is 2.21. The number of aliphatic imine (C=N–C) groups is 1. The largest absolute Gasteiger partial charge is 0.356 e. The quantitative estimate of drug-likeness (QED) is 0.255. The third-order valence-electron chi connectivity index (χ3n) is 5.15. The first kappa shape index (κ1) is 21.9. The molecule has 1 aromatic carbocycles. The molecule has 27 heavy (non-hydrogen) atoms. The van der Waals surface area contributed by atoms with Crippen LogP contribution < -0.4 is 10.6 Å². The average Bonchev–Trinajstić information content (AvgIpc) is 3.07. The highest BCUT2D eigenvalue weighted by atomic mass is 127. The minimum absolute atomic E-state index is 0. The van der Waals surface area contributed by atoms with Gasteiger partial charge in [0.25, 0.3) is 0 Å². The first-order valence-corrected chi connectivity index (χ1v) is 9.80. The monoisotopic (exact) mass is 484 g/mol. The van der Waals surface area contributed by atoms with Crippen molar-refractivity contribution in [2.24, 2.45) is 4.99 Å². The van der Waals surface area contributed by atoms with Crippen LogP contribution in [0.5, 0.6) is 0 Å². The maximum Gasteiger partial charge on any atom is 0.191 e. The van der Waals surface area contributed by atoms with Gasteiger partial charge in [0.15, 0.2) is 5.96 Å². The van der Waals surface area contributed by atoms with E-state index in [1.54, 1.807) is 0 Å². The van der Waals surface area contributed by atoms with E-state index in [0.717, 1.165) is 42.2 Å². The van der Waals surface area contributed by atoms with Crippen LogP contribution in [0.15, 0.2) is 29.3 Å². The molecule has 1 fully saturated rings. The lowest BCUT2D eigenvalue weighted by Gasteiger charge is -2.35. The summed E-state index contributed by atoms with van der Waals surface area (Å²) < 4.78 is 0. The number of nitrogens with zero attached hydrogens (tertiary/aromatic N) is 3. The van der Waals surface area contributed by atoms with Crippen LogP contribution in [0.1, 0.15) is 38.9 Å². The molecular weight excluding hydrogens is 451 g/mol. The summed E-state index contributed by atoms with van der Waals surface area (Å²) >= 11 is 0. The summed E-state index contributed by atoms with van der Waals surface area (Å²) in [5, 5.41) is 7.01. The summed E-state index contributed by atoms with van der Waals surface area (Å²) in [6.07, 6.45) is 4.31. The molecule has 3 rings (SSSR count). The zero-order valence-corrected chi connectivity index (χ0v) is 19.0. The molecular formula is C20H33IN6. The Morgan fingerprint density at radius 3 is 2.70 bits per heavy atom. The predicted octanol–water partition coefficient (Wildman–Crippen LogP) is 3.15. The van der Waals surface area contributed by atoms with Gasteiger partial charge in [-0.2, -0.15) is 0 Å². The van der Waals surface area contributed by atoms with Gasteiger partial charge in [-0.05, 0) is 45.2 Å². The van der Waals surface area contributed by atoms with Gasteiger partial charge in [0, 0.05) is 45.2 Å². The van der Waals surface area contributed by atoms with Gasteiger partial charge in [-0.25, -0.2) is 4.98 Å². The Kier molecular flexibility index (Phi) is 8.82. The number of aromatic nitrogens is 2. The first-order valence-electron chi connectivity index (χ1n) is 9.80. The van der Waals surface area contributed by atoms with Crippen LogP contribution in [0.25, 0.3) is 11.0 Å². The van der Waals surface area contributed by atoms with Crippen molar-refractivity contribution in [3.8, 4) is 0 Å². The zero-order chi connectivity index (χ0) is 18.4. The number of aryl methyl sites for hydroxylation is 1. The fourth-order valence-electron chi connectivity index (χ4n) is 3.53. The molecule has 3 N–H and O–H groups in total. The van der Waals surface area contributed by atoms with Crippen LogP contribution in [0, 0.1) is 0 Å². The van der Waals surface area contributed by atoms with Crippen molar-refractivity contribution >= 4 is 41.0 Å². The van der Waals surface area contributed by atoms with E-state index in [-0.39, 0.29) is 24.0 Å². The highest BCUT2D eigenvalue weighted by Crippen LogP contribution is 2.13. The smallest absolute Gasteiger partial charge is 0.191 e. The predicted molar refractivity (Wildman–Crippen MR) is 124 cm³/mol. The molecule has 1 aliphatic heterocycles. The van der Waals surface area contributed by atoms with Crippen LogP contribution in [0.3, 0.4) is 0 Å². The molecule has 2 heterocycles. The zero-order valence-electron chi connectivity index (χ0n) is 16.7. The Bertz CT molecular complexity index is 685. The number of hydrogen-bond acceptors (Lipinski definition) is 3. The van der Waals surface area contributed by atoms with Crippen LogP contribution in [0.4, 0.5) is 0 Å². The molecule has 0 bridgehead atoms. The number of likely N-dealkylation sites (tertiary alicyclic amines) is 1. The highest BCUT2D eigenvalue weighted by molar-refractivity contribution is 14.0. The third-order valence-corrected chi connectivity index (χ3v) is 5.15. The summed E-state index contributed by atoms with van der Waals surface area (Å²) in [5.41, 5.74) is 2.15. The molecule has 6 nitrogen and oxygen atoms in total. The van der Waals surface area contributed by atoms with Crippen molar-refractivity contribution in [2.75, 3.05) is 26.7 Å². The van der Waals surface area contributed by atoms with Gasteiger partial charge in [-0.15, -0.1) is 24.0 Å². The van der Waals surface area contributed by atoms with E-state index >= 15 is 0 Å². The molecule has 0 radical (unpaired) electrons. The molecule has 1 saturated heterocycles. The number of aromatic amines is 1. The van der Waals surface area contributed by atoms with Gasteiger partial charge in [0.1, 0.15) is 5.82 Å². The Balaban J connectivity index is 0.00000261. The minimum Gasteiger partial charge on any atom is -0.356 e. The summed E-state index contributed by atoms with van der Waals surface area (Å²) in [5.74, 6) is 1.97. The molecule has 0 aliphatic carbocycles. The normalized spacial score (nSPS) is 16.5. The lowest BCUT2D eigenvalue weighted by Crippen LogP contribution is -2.50. The summed E-state index contributed by atoms with van der Waals surface area (Å²) in [6, 6.07) is 9.34. The van der Waals surface area contributed by atoms with Gasteiger partial charge in [-0.1, -0.05) is 12.1 Å². The number of H-pyrrole nitrogens is 1. The molecule has 0 amide bonds. The number of nitrogens with one attached hydrogen (secondary N) is 3. The van der Waals surface area contributed by atoms with Gasteiger partial charge < -0.3 is 20.5 Å². The number of imidazole rings is 1. The molecule has 0 atom stereocenters. The summed E-state index contributed by atoms with van der Waals surface area (Å²) in [6.45, 7) is 7.77. The van der Waals surface area contributed by atoms with Gasteiger partial charge in [0.2, 0.25) is 0 Å². The molecule has 1 aliphatic rings. The van der Waals surface area contributed by atoms with E-state index in [1.807, 2.05) is 25.2 Å². The Morgan fingerprint density at radius 2 is 2.04 bits per heavy atom. The van der Waals surface area contributed by atoms with Gasteiger partial charge in [-0.3, -0.25) is 4.99 Å². The number of benzene rings is 1. The first-order chi connectivity index (χ1) is 12.7. The van der Waals surface area contributed by atoms with Crippen LogP contribution in [-0.2, 0) is 6.42 Å². The molecule has 1 aromatic heterocycles. The Morgan fingerprint density at radius 1 is 1.30 bits per heavy atom. The number of rotatable bonds is 6. The number of fused-ring (bicyclic) bond motifs is 1. The second kappa shape index (κ2) is 10.8. The van der Waals surface area contributed by atoms with Crippen molar-refractivity contribution in [2.45, 2.75) is 51.6 Å². The maximum atomic E-state index is 4.63.